The van der Waals surface area contributed by atoms with Crippen LogP contribution < -0.4 is 14.8 Å². The molecule has 1 heterocycles. The Morgan fingerprint density at radius 2 is 1.94 bits per heavy atom. The molecule has 3 rings (SSSR count). The van der Waals surface area contributed by atoms with E-state index in [0.29, 0.717) is 77.7 Å². The van der Waals surface area contributed by atoms with Crippen molar-refractivity contribution in [2.24, 2.45) is 5.92 Å². The van der Waals surface area contributed by atoms with E-state index >= 15 is 0 Å². The van der Waals surface area contributed by atoms with Gasteiger partial charge in [0.25, 0.3) is 11.8 Å². The second kappa shape index (κ2) is 10.7. The summed E-state index contributed by atoms with van der Waals surface area (Å²) in [5.41, 5.74) is 2.14. The van der Waals surface area contributed by atoms with Gasteiger partial charge in [-0.2, -0.15) is 0 Å². The number of benzene rings is 2. The lowest BCUT2D eigenvalue weighted by atomic mass is 10.0. The van der Waals surface area contributed by atoms with Gasteiger partial charge in [-0.15, -0.1) is 0 Å². The quantitative estimate of drug-likeness (QED) is 0.662. The number of rotatable bonds is 7. The van der Waals surface area contributed by atoms with Crippen LogP contribution in [-0.2, 0) is 4.74 Å². The molecule has 0 aromatic heterocycles. The normalized spacial score (nSPS) is 13.8. The summed E-state index contributed by atoms with van der Waals surface area (Å²) in [5, 5.41) is 3.18. The molecule has 1 aliphatic heterocycles. The van der Waals surface area contributed by atoms with Gasteiger partial charge < -0.3 is 24.4 Å². The molecule has 1 fully saturated rings. The number of nitrogens with one attached hydrogen (secondary N) is 1. The third-order valence-corrected chi connectivity index (χ3v) is 5.44. The summed E-state index contributed by atoms with van der Waals surface area (Å²) in [7, 11) is 1.50. The molecule has 8 heteroatoms. The van der Waals surface area contributed by atoms with Crippen LogP contribution in [0.2, 0.25) is 5.02 Å². The molecule has 0 aliphatic carbocycles. The minimum Gasteiger partial charge on any atom is -0.493 e. The highest BCUT2D eigenvalue weighted by Gasteiger charge is 2.22. The van der Waals surface area contributed by atoms with Crippen molar-refractivity contribution in [3.63, 3.8) is 0 Å². The number of anilines is 1. The average Bonchev–Trinajstić information content (AvgIpc) is 2.79. The van der Waals surface area contributed by atoms with E-state index in [0.717, 1.165) is 0 Å². The summed E-state index contributed by atoms with van der Waals surface area (Å²) in [6, 6.07) is 8.43. The molecule has 32 heavy (non-hydrogen) atoms. The fourth-order valence-corrected chi connectivity index (χ4v) is 3.64. The molecular weight excluding hydrogens is 432 g/mol. The number of morpholine rings is 1. The topological polar surface area (TPSA) is 77.1 Å². The fraction of sp³-hybridized carbons (Fsp3) is 0.417. The van der Waals surface area contributed by atoms with E-state index in [1.54, 1.807) is 35.2 Å². The van der Waals surface area contributed by atoms with Crippen LogP contribution in [0.15, 0.2) is 30.3 Å². The summed E-state index contributed by atoms with van der Waals surface area (Å²) in [4.78, 5) is 27.6. The molecule has 0 spiro atoms. The van der Waals surface area contributed by atoms with Crippen LogP contribution in [0.3, 0.4) is 0 Å². The summed E-state index contributed by atoms with van der Waals surface area (Å²) in [5.74, 6) is 0.678. The van der Waals surface area contributed by atoms with Crippen LogP contribution in [0.4, 0.5) is 5.69 Å². The van der Waals surface area contributed by atoms with Crippen molar-refractivity contribution in [2.75, 3.05) is 45.3 Å². The largest absolute Gasteiger partial charge is 0.493 e. The predicted octanol–water partition coefficient (Wildman–Crippen LogP) is 4.42. The zero-order valence-electron chi connectivity index (χ0n) is 18.9. The number of amides is 2. The molecule has 0 atom stereocenters. The lowest BCUT2D eigenvalue weighted by Gasteiger charge is -2.27. The third-order valence-electron chi connectivity index (χ3n) is 5.16. The Morgan fingerprint density at radius 3 is 2.59 bits per heavy atom. The number of ether oxygens (including phenoxy) is 3. The molecule has 1 aliphatic rings. The van der Waals surface area contributed by atoms with Crippen LogP contribution in [0.1, 0.15) is 40.1 Å². The zero-order valence-corrected chi connectivity index (χ0v) is 19.6. The van der Waals surface area contributed by atoms with Gasteiger partial charge in [0.1, 0.15) is 0 Å². The molecule has 2 amide bonds. The van der Waals surface area contributed by atoms with Crippen molar-refractivity contribution in [1.82, 2.24) is 4.90 Å². The van der Waals surface area contributed by atoms with Gasteiger partial charge in [-0.3, -0.25) is 9.59 Å². The van der Waals surface area contributed by atoms with Crippen molar-refractivity contribution in [3.8, 4) is 11.5 Å². The first kappa shape index (κ1) is 23.9. The van der Waals surface area contributed by atoms with Crippen LogP contribution in [-0.4, -0.2) is 56.7 Å². The number of hydrogen-bond donors (Lipinski definition) is 1. The SMILES string of the molecule is COc1cc(C(=O)Nc2cccc(C(=O)N3CCOCC3)c2C)cc(Cl)c1OCC(C)C. The highest BCUT2D eigenvalue weighted by Crippen LogP contribution is 2.37. The van der Waals surface area contributed by atoms with Crippen molar-refractivity contribution >= 4 is 29.1 Å². The van der Waals surface area contributed by atoms with Gasteiger partial charge in [0.15, 0.2) is 11.5 Å². The van der Waals surface area contributed by atoms with E-state index < -0.39 is 0 Å². The number of carbonyl (C=O) groups is 2. The first-order valence-electron chi connectivity index (χ1n) is 10.6. The third kappa shape index (κ3) is 5.53. The van der Waals surface area contributed by atoms with E-state index in [9.17, 15) is 9.59 Å². The second-order valence-corrected chi connectivity index (χ2v) is 8.44. The van der Waals surface area contributed by atoms with E-state index in [-0.39, 0.29) is 11.8 Å². The van der Waals surface area contributed by atoms with Crippen LogP contribution >= 0.6 is 11.6 Å². The number of halogens is 1. The Kier molecular flexibility index (Phi) is 7.99. The Hall–Kier alpha value is -2.77. The van der Waals surface area contributed by atoms with Gasteiger partial charge in [0.2, 0.25) is 0 Å². The van der Waals surface area contributed by atoms with Crippen molar-refractivity contribution in [2.45, 2.75) is 20.8 Å². The molecule has 0 unspecified atom stereocenters. The Balaban J connectivity index is 1.81. The number of methoxy groups -OCH3 is 1. The average molecular weight is 461 g/mol. The van der Waals surface area contributed by atoms with E-state index in [1.165, 1.54) is 7.11 Å². The summed E-state index contributed by atoms with van der Waals surface area (Å²) >= 11 is 6.38. The minimum absolute atomic E-state index is 0.0710. The standard InChI is InChI=1S/C24H29ClN2O5/c1-15(2)14-32-22-19(25)12-17(13-21(22)30-4)23(28)26-20-7-5-6-18(16(20)3)24(29)27-8-10-31-11-9-27/h5-7,12-13,15H,8-11,14H2,1-4H3,(H,26,28). The highest BCUT2D eigenvalue weighted by atomic mass is 35.5. The lowest BCUT2D eigenvalue weighted by molar-refractivity contribution is 0.0302. The summed E-state index contributed by atoms with van der Waals surface area (Å²) in [6.45, 7) is 8.52. The van der Waals surface area contributed by atoms with Gasteiger partial charge in [0.05, 0.1) is 32.0 Å². The monoisotopic (exact) mass is 460 g/mol. The molecule has 0 saturated carbocycles. The van der Waals surface area contributed by atoms with Crippen LogP contribution in [0.25, 0.3) is 0 Å². The predicted molar refractivity (Wildman–Crippen MR) is 124 cm³/mol. The Morgan fingerprint density at radius 1 is 1.22 bits per heavy atom. The maximum Gasteiger partial charge on any atom is 0.255 e. The fourth-order valence-electron chi connectivity index (χ4n) is 3.38. The van der Waals surface area contributed by atoms with Crippen LogP contribution in [0.5, 0.6) is 11.5 Å². The number of hydrogen-bond acceptors (Lipinski definition) is 5. The molecule has 172 valence electrons. The van der Waals surface area contributed by atoms with E-state index in [1.807, 2.05) is 20.8 Å². The van der Waals surface area contributed by atoms with Crippen LogP contribution in [0, 0.1) is 12.8 Å². The van der Waals surface area contributed by atoms with Gasteiger partial charge >= 0.3 is 0 Å². The molecule has 2 aromatic rings. The lowest BCUT2D eigenvalue weighted by Crippen LogP contribution is -2.41. The molecule has 0 radical (unpaired) electrons. The van der Waals surface area contributed by atoms with E-state index in [4.69, 9.17) is 25.8 Å². The summed E-state index contributed by atoms with van der Waals surface area (Å²) < 4.78 is 16.5. The van der Waals surface area contributed by atoms with Crippen molar-refractivity contribution in [1.29, 1.82) is 0 Å². The maximum absolute atomic E-state index is 13.0. The van der Waals surface area contributed by atoms with Gasteiger partial charge in [-0.1, -0.05) is 31.5 Å². The zero-order chi connectivity index (χ0) is 23.3. The Labute approximate surface area is 193 Å². The van der Waals surface area contributed by atoms with Gasteiger partial charge in [0, 0.05) is 29.9 Å². The minimum atomic E-state index is -0.361. The first-order valence-corrected chi connectivity index (χ1v) is 11.0. The molecule has 0 bridgehead atoms. The number of carbonyl (C=O) groups excluding carboxylic acids is 2. The first-order chi connectivity index (χ1) is 15.3. The number of nitrogens with zero attached hydrogens (tertiary/aromatic N) is 1. The summed E-state index contributed by atoms with van der Waals surface area (Å²) in [6.07, 6.45) is 0. The van der Waals surface area contributed by atoms with Gasteiger partial charge in [-0.05, 0) is 42.7 Å². The Bertz CT molecular complexity index is 987. The molecule has 1 N–H and O–H groups in total. The maximum atomic E-state index is 13.0. The molecular formula is C24H29ClN2O5. The molecule has 2 aromatic carbocycles. The second-order valence-electron chi connectivity index (χ2n) is 8.03. The smallest absolute Gasteiger partial charge is 0.255 e. The molecule has 7 nitrogen and oxygen atoms in total. The molecule has 1 saturated heterocycles. The van der Waals surface area contributed by atoms with E-state index in [2.05, 4.69) is 5.32 Å². The van der Waals surface area contributed by atoms with Crippen molar-refractivity contribution in [3.05, 3.63) is 52.0 Å². The van der Waals surface area contributed by atoms with Gasteiger partial charge in [-0.25, -0.2) is 0 Å². The highest BCUT2D eigenvalue weighted by molar-refractivity contribution is 6.32. The van der Waals surface area contributed by atoms with Crippen molar-refractivity contribution < 1.29 is 23.8 Å².